The summed E-state index contributed by atoms with van der Waals surface area (Å²) in [6.45, 7) is 7.17. The van der Waals surface area contributed by atoms with Crippen LogP contribution in [0.25, 0.3) is 0 Å². The molecule has 0 aromatic heterocycles. The van der Waals surface area contributed by atoms with Crippen molar-refractivity contribution in [3.05, 3.63) is 23.8 Å². The van der Waals surface area contributed by atoms with Gasteiger partial charge in [0.1, 0.15) is 0 Å². The second kappa shape index (κ2) is 6.78. The molecule has 2 atom stereocenters. The molecule has 2 N–H and O–H groups in total. The zero-order chi connectivity index (χ0) is 13.7. The third-order valence-corrected chi connectivity index (χ3v) is 3.62. The Hall–Kier alpha value is -1.26. The lowest BCUT2D eigenvalue weighted by molar-refractivity contribution is 0.178. The van der Waals surface area contributed by atoms with Crippen molar-refractivity contribution in [1.82, 2.24) is 5.32 Å². The van der Waals surface area contributed by atoms with E-state index >= 15 is 0 Å². The molecule has 1 aromatic rings. The van der Waals surface area contributed by atoms with Crippen molar-refractivity contribution in [2.75, 3.05) is 19.8 Å². The van der Waals surface area contributed by atoms with Gasteiger partial charge in [-0.05, 0) is 43.9 Å². The van der Waals surface area contributed by atoms with Crippen molar-refractivity contribution in [3.8, 4) is 11.5 Å². The summed E-state index contributed by atoms with van der Waals surface area (Å²) >= 11 is 0. The summed E-state index contributed by atoms with van der Waals surface area (Å²) in [4.78, 5) is 0. The van der Waals surface area contributed by atoms with E-state index in [1.54, 1.807) is 6.07 Å². The van der Waals surface area contributed by atoms with Gasteiger partial charge in [0.15, 0.2) is 11.5 Å². The third kappa shape index (κ3) is 3.85. The predicted octanol–water partition coefficient (Wildman–Crippen LogP) is 2.31. The molecule has 2 rings (SSSR count). The number of ether oxygens (including phenoxy) is 2. The highest BCUT2D eigenvalue weighted by molar-refractivity contribution is 5.41. The second-order valence-corrected chi connectivity index (χ2v) is 5.03. The molecule has 1 saturated heterocycles. The maximum atomic E-state index is 9.65. The highest BCUT2D eigenvalue weighted by atomic mass is 16.5. The van der Waals surface area contributed by atoms with E-state index in [0.29, 0.717) is 24.3 Å². The van der Waals surface area contributed by atoms with E-state index in [9.17, 15) is 5.11 Å². The van der Waals surface area contributed by atoms with Gasteiger partial charge in [-0.3, -0.25) is 0 Å². The zero-order valence-electron chi connectivity index (χ0n) is 11.7. The number of nitrogens with one attached hydrogen (secondary N) is 1. The largest absolute Gasteiger partial charge is 0.504 e. The Morgan fingerprint density at radius 1 is 1.53 bits per heavy atom. The minimum atomic E-state index is 0.197. The molecule has 4 heteroatoms. The summed E-state index contributed by atoms with van der Waals surface area (Å²) in [5, 5.41) is 13.2. The van der Waals surface area contributed by atoms with Crippen LogP contribution in [0.4, 0.5) is 0 Å². The van der Waals surface area contributed by atoms with Gasteiger partial charge >= 0.3 is 0 Å². The summed E-state index contributed by atoms with van der Waals surface area (Å²) in [5.74, 6) is 1.35. The first kappa shape index (κ1) is 14.2. The molecule has 0 saturated carbocycles. The summed E-state index contributed by atoms with van der Waals surface area (Å²) in [5.41, 5.74) is 1.12. The molecule has 0 amide bonds. The number of rotatable bonds is 6. The van der Waals surface area contributed by atoms with Crippen molar-refractivity contribution in [3.63, 3.8) is 0 Å². The number of phenols is 1. The number of phenolic OH excluding ortho intramolecular Hbond substituents is 1. The van der Waals surface area contributed by atoms with Crippen LogP contribution in [0, 0.1) is 5.92 Å². The van der Waals surface area contributed by atoms with E-state index in [2.05, 4.69) is 12.2 Å². The minimum absolute atomic E-state index is 0.197. The first-order chi connectivity index (χ1) is 9.20. The summed E-state index contributed by atoms with van der Waals surface area (Å²) in [6, 6.07) is 5.93. The zero-order valence-corrected chi connectivity index (χ0v) is 11.7. The second-order valence-electron chi connectivity index (χ2n) is 5.03. The van der Waals surface area contributed by atoms with Crippen LogP contribution in [0.1, 0.15) is 25.8 Å². The van der Waals surface area contributed by atoms with Crippen LogP contribution in [0.3, 0.4) is 0 Å². The molecule has 4 nitrogen and oxygen atoms in total. The van der Waals surface area contributed by atoms with Crippen LogP contribution >= 0.6 is 0 Å². The molecule has 1 aliphatic rings. The van der Waals surface area contributed by atoms with Crippen molar-refractivity contribution in [2.45, 2.75) is 32.9 Å². The van der Waals surface area contributed by atoms with Crippen LogP contribution in [0.15, 0.2) is 18.2 Å². The van der Waals surface area contributed by atoms with E-state index in [0.717, 1.165) is 31.7 Å². The van der Waals surface area contributed by atoms with Crippen LogP contribution in [0.5, 0.6) is 11.5 Å². The lowest BCUT2D eigenvalue weighted by atomic mass is 10.0. The fraction of sp³-hybridized carbons (Fsp3) is 0.600. The van der Waals surface area contributed by atoms with Gasteiger partial charge in [0.2, 0.25) is 0 Å². The Morgan fingerprint density at radius 3 is 3.05 bits per heavy atom. The highest BCUT2D eigenvalue weighted by Gasteiger charge is 2.21. The van der Waals surface area contributed by atoms with Crippen molar-refractivity contribution >= 4 is 0 Å². The molecule has 1 fully saturated rings. The Balaban J connectivity index is 1.89. The van der Waals surface area contributed by atoms with Crippen LogP contribution in [-0.2, 0) is 11.3 Å². The van der Waals surface area contributed by atoms with Crippen LogP contribution < -0.4 is 10.1 Å². The molecule has 2 unspecified atom stereocenters. The van der Waals surface area contributed by atoms with E-state index in [-0.39, 0.29) is 5.75 Å². The first-order valence-electron chi connectivity index (χ1n) is 6.96. The van der Waals surface area contributed by atoms with Gasteiger partial charge in [0.25, 0.3) is 0 Å². The number of aromatic hydroxyl groups is 1. The molecule has 1 aliphatic heterocycles. The normalized spacial score (nSPS) is 20.4. The summed E-state index contributed by atoms with van der Waals surface area (Å²) in [7, 11) is 0. The van der Waals surface area contributed by atoms with Gasteiger partial charge in [-0.25, -0.2) is 0 Å². The molecule has 0 bridgehead atoms. The van der Waals surface area contributed by atoms with Crippen molar-refractivity contribution in [1.29, 1.82) is 0 Å². The van der Waals surface area contributed by atoms with Crippen molar-refractivity contribution in [2.24, 2.45) is 5.92 Å². The summed E-state index contributed by atoms with van der Waals surface area (Å²) in [6.07, 6.45) is 1.13. The quantitative estimate of drug-likeness (QED) is 0.828. The maximum Gasteiger partial charge on any atom is 0.161 e. The first-order valence-corrected chi connectivity index (χ1v) is 6.96. The Bertz CT molecular complexity index is 402. The molecule has 1 heterocycles. The molecule has 19 heavy (non-hydrogen) atoms. The van der Waals surface area contributed by atoms with Gasteiger partial charge in [-0.2, -0.15) is 0 Å². The third-order valence-electron chi connectivity index (χ3n) is 3.62. The fourth-order valence-electron chi connectivity index (χ4n) is 2.33. The Kier molecular flexibility index (Phi) is 5.05. The van der Waals surface area contributed by atoms with Gasteiger partial charge in [0, 0.05) is 19.2 Å². The van der Waals surface area contributed by atoms with Gasteiger partial charge < -0.3 is 19.9 Å². The Morgan fingerprint density at radius 2 is 2.37 bits per heavy atom. The van der Waals surface area contributed by atoms with Crippen LogP contribution in [-0.4, -0.2) is 31.0 Å². The number of hydrogen-bond acceptors (Lipinski definition) is 4. The van der Waals surface area contributed by atoms with Crippen molar-refractivity contribution < 1.29 is 14.6 Å². The van der Waals surface area contributed by atoms with Crippen LogP contribution in [0.2, 0.25) is 0 Å². The molecule has 0 aliphatic carbocycles. The average molecular weight is 265 g/mol. The van der Waals surface area contributed by atoms with Gasteiger partial charge in [-0.15, -0.1) is 0 Å². The average Bonchev–Trinajstić information content (AvgIpc) is 2.93. The summed E-state index contributed by atoms with van der Waals surface area (Å²) < 4.78 is 10.8. The standard InChI is InChI=1S/C15H23NO3/c1-3-19-15-8-12(4-5-14(15)17)9-16-11(2)13-6-7-18-10-13/h4-5,8,11,13,16-17H,3,6-7,9-10H2,1-2H3. The van der Waals surface area contributed by atoms with Gasteiger partial charge in [-0.1, -0.05) is 6.07 Å². The van der Waals surface area contributed by atoms with E-state index < -0.39 is 0 Å². The number of hydrogen-bond donors (Lipinski definition) is 2. The monoisotopic (exact) mass is 265 g/mol. The van der Waals surface area contributed by atoms with Gasteiger partial charge in [0.05, 0.1) is 13.2 Å². The fourth-order valence-corrected chi connectivity index (χ4v) is 2.33. The molecule has 0 radical (unpaired) electrons. The Labute approximate surface area is 114 Å². The van der Waals surface area contributed by atoms with E-state index in [4.69, 9.17) is 9.47 Å². The number of benzene rings is 1. The lowest BCUT2D eigenvalue weighted by Crippen LogP contribution is -2.33. The smallest absolute Gasteiger partial charge is 0.161 e. The predicted molar refractivity (Wildman–Crippen MR) is 74.5 cm³/mol. The highest BCUT2D eigenvalue weighted by Crippen LogP contribution is 2.27. The molecule has 106 valence electrons. The molecule has 0 spiro atoms. The van der Waals surface area contributed by atoms with E-state index in [1.165, 1.54) is 0 Å². The topological polar surface area (TPSA) is 50.7 Å². The minimum Gasteiger partial charge on any atom is -0.504 e. The SMILES string of the molecule is CCOc1cc(CNC(C)C2CCOC2)ccc1O. The lowest BCUT2D eigenvalue weighted by Gasteiger charge is -2.19. The maximum absolute atomic E-state index is 9.65. The molecular weight excluding hydrogens is 242 g/mol. The molecule has 1 aromatic carbocycles. The molecular formula is C15H23NO3. The van der Waals surface area contributed by atoms with E-state index in [1.807, 2.05) is 19.1 Å².